The van der Waals surface area contributed by atoms with E-state index in [1.807, 2.05) is 0 Å². The summed E-state index contributed by atoms with van der Waals surface area (Å²) in [6, 6.07) is 0.934. The van der Waals surface area contributed by atoms with Crippen LogP contribution in [0.3, 0.4) is 0 Å². The van der Waals surface area contributed by atoms with Crippen LogP contribution in [0, 0.1) is 5.92 Å². The first-order chi connectivity index (χ1) is 6.36. The van der Waals surface area contributed by atoms with Crippen molar-refractivity contribution in [3.63, 3.8) is 0 Å². The SMILES string of the molecule is CN(CC1CCCCNC1)C1CC1. The molecule has 13 heavy (non-hydrogen) atoms. The highest BCUT2D eigenvalue weighted by Crippen LogP contribution is 2.26. The second kappa shape index (κ2) is 4.43. The Morgan fingerprint density at radius 3 is 2.85 bits per heavy atom. The molecule has 0 bridgehead atoms. The van der Waals surface area contributed by atoms with Gasteiger partial charge in [0.15, 0.2) is 0 Å². The Kier molecular flexibility index (Phi) is 3.23. The van der Waals surface area contributed by atoms with E-state index in [-0.39, 0.29) is 0 Å². The zero-order valence-electron chi connectivity index (χ0n) is 8.76. The third kappa shape index (κ3) is 2.96. The molecule has 1 aliphatic heterocycles. The van der Waals surface area contributed by atoms with Crippen LogP contribution >= 0.6 is 0 Å². The normalized spacial score (nSPS) is 30.5. The van der Waals surface area contributed by atoms with Gasteiger partial charge in [0.1, 0.15) is 0 Å². The summed E-state index contributed by atoms with van der Waals surface area (Å²) in [4.78, 5) is 2.57. The Balaban J connectivity index is 1.71. The highest BCUT2D eigenvalue weighted by molar-refractivity contribution is 4.84. The minimum atomic E-state index is 0.910. The summed E-state index contributed by atoms with van der Waals surface area (Å²) >= 11 is 0. The fourth-order valence-corrected chi connectivity index (χ4v) is 2.32. The summed E-state index contributed by atoms with van der Waals surface area (Å²) in [6.45, 7) is 3.80. The van der Waals surface area contributed by atoms with Gasteiger partial charge in [-0.3, -0.25) is 0 Å². The topological polar surface area (TPSA) is 15.3 Å². The van der Waals surface area contributed by atoms with Crippen molar-refractivity contribution >= 4 is 0 Å². The van der Waals surface area contributed by atoms with Crippen molar-refractivity contribution in [3.8, 4) is 0 Å². The molecule has 2 heteroatoms. The molecule has 1 heterocycles. The first-order valence-electron chi connectivity index (χ1n) is 5.77. The standard InChI is InChI=1S/C11H22N2/c1-13(11-5-6-11)9-10-4-2-3-7-12-8-10/h10-12H,2-9H2,1H3. The Labute approximate surface area is 81.7 Å². The van der Waals surface area contributed by atoms with E-state index in [4.69, 9.17) is 0 Å². The Morgan fingerprint density at radius 1 is 1.23 bits per heavy atom. The van der Waals surface area contributed by atoms with Gasteiger partial charge >= 0.3 is 0 Å². The van der Waals surface area contributed by atoms with Gasteiger partial charge in [-0.2, -0.15) is 0 Å². The fraction of sp³-hybridized carbons (Fsp3) is 1.00. The van der Waals surface area contributed by atoms with Crippen LogP contribution in [0.15, 0.2) is 0 Å². The second-order valence-electron chi connectivity index (χ2n) is 4.74. The molecule has 0 aromatic rings. The van der Waals surface area contributed by atoms with E-state index in [2.05, 4.69) is 17.3 Å². The monoisotopic (exact) mass is 182 g/mol. The quantitative estimate of drug-likeness (QED) is 0.711. The lowest BCUT2D eigenvalue weighted by Gasteiger charge is -2.22. The predicted molar refractivity (Wildman–Crippen MR) is 55.9 cm³/mol. The summed E-state index contributed by atoms with van der Waals surface area (Å²) in [5.41, 5.74) is 0. The molecule has 0 aromatic heterocycles. The molecule has 1 saturated heterocycles. The van der Waals surface area contributed by atoms with Crippen LogP contribution in [0.25, 0.3) is 0 Å². The van der Waals surface area contributed by atoms with Crippen LogP contribution in [0.2, 0.25) is 0 Å². The van der Waals surface area contributed by atoms with Crippen molar-refractivity contribution in [1.29, 1.82) is 0 Å². The maximum absolute atomic E-state index is 3.54. The molecule has 1 saturated carbocycles. The Hall–Kier alpha value is -0.0800. The zero-order chi connectivity index (χ0) is 9.10. The minimum Gasteiger partial charge on any atom is -0.316 e. The lowest BCUT2D eigenvalue weighted by Crippen LogP contribution is -2.32. The molecule has 2 aliphatic rings. The Morgan fingerprint density at radius 2 is 2.08 bits per heavy atom. The minimum absolute atomic E-state index is 0.910. The van der Waals surface area contributed by atoms with Crippen molar-refractivity contribution < 1.29 is 0 Å². The van der Waals surface area contributed by atoms with Crippen molar-refractivity contribution in [2.75, 3.05) is 26.7 Å². The third-order valence-corrected chi connectivity index (χ3v) is 3.37. The van der Waals surface area contributed by atoms with Gasteiger partial charge in [-0.25, -0.2) is 0 Å². The molecule has 0 amide bonds. The molecule has 1 unspecified atom stereocenters. The van der Waals surface area contributed by atoms with E-state index < -0.39 is 0 Å². The van der Waals surface area contributed by atoms with Gasteiger partial charge in [-0.1, -0.05) is 6.42 Å². The van der Waals surface area contributed by atoms with Gasteiger partial charge in [0.2, 0.25) is 0 Å². The summed E-state index contributed by atoms with van der Waals surface area (Å²) in [5, 5.41) is 3.54. The number of rotatable bonds is 3. The number of hydrogen-bond donors (Lipinski definition) is 1. The molecule has 1 atom stereocenters. The average Bonchev–Trinajstić information content (AvgIpc) is 2.92. The van der Waals surface area contributed by atoms with Crippen LogP contribution in [0.4, 0.5) is 0 Å². The smallest absolute Gasteiger partial charge is 0.00934 e. The first kappa shape index (κ1) is 9.47. The van der Waals surface area contributed by atoms with Gasteiger partial charge in [-0.15, -0.1) is 0 Å². The molecule has 0 radical (unpaired) electrons. The lowest BCUT2D eigenvalue weighted by atomic mass is 10.0. The Bertz CT molecular complexity index is 146. The summed E-state index contributed by atoms with van der Waals surface area (Å²) in [5.74, 6) is 0.910. The van der Waals surface area contributed by atoms with Gasteiger partial charge < -0.3 is 10.2 Å². The maximum atomic E-state index is 3.54. The summed E-state index contributed by atoms with van der Waals surface area (Å²) in [7, 11) is 2.29. The van der Waals surface area contributed by atoms with Crippen LogP contribution < -0.4 is 5.32 Å². The molecule has 2 nitrogen and oxygen atoms in total. The summed E-state index contributed by atoms with van der Waals surface area (Å²) in [6.07, 6.45) is 7.12. The van der Waals surface area contributed by atoms with Crippen LogP contribution in [0.5, 0.6) is 0 Å². The molecule has 76 valence electrons. The lowest BCUT2D eigenvalue weighted by molar-refractivity contribution is 0.259. The molecular weight excluding hydrogens is 160 g/mol. The van der Waals surface area contributed by atoms with E-state index >= 15 is 0 Å². The number of hydrogen-bond acceptors (Lipinski definition) is 2. The predicted octanol–water partition coefficient (Wildman–Crippen LogP) is 1.47. The average molecular weight is 182 g/mol. The number of nitrogens with one attached hydrogen (secondary N) is 1. The van der Waals surface area contributed by atoms with Crippen LogP contribution in [-0.2, 0) is 0 Å². The van der Waals surface area contributed by atoms with Crippen molar-refractivity contribution in [2.24, 2.45) is 5.92 Å². The molecule has 1 N–H and O–H groups in total. The zero-order valence-corrected chi connectivity index (χ0v) is 8.76. The van der Waals surface area contributed by atoms with Gasteiger partial charge in [0.05, 0.1) is 0 Å². The van der Waals surface area contributed by atoms with Crippen LogP contribution in [-0.4, -0.2) is 37.6 Å². The van der Waals surface area contributed by atoms with Gasteiger partial charge in [0, 0.05) is 12.6 Å². The maximum Gasteiger partial charge on any atom is 0.00934 e. The molecule has 0 aromatic carbocycles. The largest absolute Gasteiger partial charge is 0.316 e. The molecular formula is C11H22N2. The molecule has 2 rings (SSSR count). The van der Waals surface area contributed by atoms with Crippen molar-refractivity contribution in [1.82, 2.24) is 10.2 Å². The first-order valence-corrected chi connectivity index (χ1v) is 5.77. The highest BCUT2D eigenvalue weighted by Gasteiger charge is 2.27. The third-order valence-electron chi connectivity index (χ3n) is 3.37. The molecule has 0 spiro atoms. The van der Waals surface area contributed by atoms with Gasteiger partial charge in [0.25, 0.3) is 0 Å². The van der Waals surface area contributed by atoms with E-state index in [0.29, 0.717) is 0 Å². The van der Waals surface area contributed by atoms with E-state index in [1.165, 1.54) is 51.7 Å². The summed E-state index contributed by atoms with van der Waals surface area (Å²) < 4.78 is 0. The fourth-order valence-electron chi connectivity index (χ4n) is 2.32. The molecule has 1 aliphatic carbocycles. The van der Waals surface area contributed by atoms with Crippen LogP contribution in [0.1, 0.15) is 32.1 Å². The second-order valence-corrected chi connectivity index (χ2v) is 4.74. The highest BCUT2D eigenvalue weighted by atomic mass is 15.2. The van der Waals surface area contributed by atoms with Crippen molar-refractivity contribution in [3.05, 3.63) is 0 Å². The van der Waals surface area contributed by atoms with Gasteiger partial charge in [-0.05, 0) is 51.7 Å². The van der Waals surface area contributed by atoms with E-state index in [0.717, 1.165) is 12.0 Å². The number of nitrogens with zero attached hydrogens (tertiary/aromatic N) is 1. The van der Waals surface area contributed by atoms with Crippen molar-refractivity contribution in [2.45, 2.75) is 38.1 Å². The molecule has 2 fully saturated rings. The van der Waals surface area contributed by atoms with E-state index in [9.17, 15) is 0 Å². The van der Waals surface area contributed by atoms with E-state index in [1.54, 1.807) is 0 Å².